The summed E-state index contributed by atoms with van der Waals surface area (Å²) in [4.78, 5) is 151. The number of carbonyl (C=O) groups excluding carboxylic acids is 9. The van der Waals surface area contributed by atoms with Gasteiger partial charge >= 0.3 is 5.97 Å². The van der Waals surface area contributed by atoms with Crippen LogP contribution in [0, 0.1) is 5.92 Å². The zero-order valence-electron chi connectivity index (χ0n) is 48.1. The van der Waals surface area contributed by atoms with E-state index in [1.807, 2.05) is 0 Å². The lowest BCUT2D eigenvalue weighted by Crippen LogP contribution is -2.63. The minimum atomic E-state index is -1.85. The van der Waals surface area contributed by atoms with E-state index in [4.69, 9.17) is 28.7 Å². The number of H-pyrrole nitrogens is 1. The van der Waals surface area contributed by atoms with E-state index in [9.17, 15) is 63.3 Å². The van der Waals surface area contributed by atoms with Crippen LogP contribution in [0.4, 0.5) is 0 Å². The molecule has 462 valence electrons. The van der Waals surface area contributed by atoms with Crippen LogP contribution in [0.2, 0.25) is 0 Å². The third kappa shape index (κ3) is 25.5. The Balaban J connectivity index is 2.32. The number of benzene rings is 1. The number of nitrogens with two attached hydrogens (primary N) is 5. The number of carboxylic acids is 1. The molecule has 22 N–H and O–H groups in total. The van der Waals surface area contributed by atoms with Gasteiger partial charge in [-0.25, -0.2) is 4.98 Å². The number of imidazole rings is 1. The zero-order valence-corrected chi connectivity index (χ0v) is 48.1. The first-order valence-corrected chi connectivity index (χ1v) is 27.2. The first-order valence-electron chi connectivity index (χ1n) is 27.2. The van der Waals surface area contributed by atoms with Crippen LogP contribution in [0.3, 0.4) is 0 Å². The third-order valence-electron chi connectivity index (χ3n) is 13.2. The molecule has 31 nitrogen and oxygen atoms in total. The van der Waals surface area contributed by atoms with Gasteiger partial charge in [0, 0.05) is 43.9 Å². The van der Waals surface area contributed by atoms with Gasteiger partial charge in [-0.1, -0.05) is 57.5 Å². The molecule has 12 atom stereocenters. The maximum absolute atomic E-state index is 14.2. The number of aliphatic carboxylic acids is 1. The van der Waals surface area contributed by atoms with Crippen LogP contribution in [0.15, 0.2) is 52.8 Å². The van der Waals surface area contributed by atoms with E-state index in [0.717, 1.165) is 18.7 Å². The molecule has 0 aliphatic rings. The van der Waals surface area contributed by atoms with Crippen molar-refractivity contribution in [1.82, 2.24) is 57.4 Å². The highest BCUT2D eigenvalue weighted by atomic mass is 16.4. The maximum Gasteiger partial charge on any atom is 0.323 e. The summed E-state index contributed by atoms with van der Waals surface area (Å²) in [7, 11) is 0. The molecule has 2 unspecified atom stereocenters. The molecule has 0 saturated heterocycles. The first kappa shape index (κ1) is 70.7. The Labute approximate surface area is 481 Å². The summed E-state index contributed by atoms with van der Waals surface area (Å²) in [6.07, 6.45) is 0.394. The van der Waals surface area contributed by atoms with Crippen molar-refractivity contribution in [3.05, 3.63) is 54.1 Å². The molecule has 0 saturated carbocycles. The van der Waals surface area contributed by atoms with Crippen molar-refractivity contribution in [3.63, 3.8) is 0 Å². The highest BCUT2D eigenvalue weighted by molar-refractivity contribution is 5.98. The minimum absolute atomic E-state index is 0.0383. The molecule has 1 aromatic carbocycles. The predicted molar refractivity (Wildman–Crippen MR) is 304 cm³/mol. The number of rotatable bonds is 37. The van der Waals surface area contributed by atoms with Crippen LogP contribution in [-0.4, -0.2) is 194 Å². The van der Waals surface area contributed by atoms with E-state index >= 15 is 0 Å². The van der Waals surface area contributed by atoms with Crippen LogP contribution >= 0.6 is 0 Å². The topological polar surface area (TPSA) is 514 Å². The SMILES string of the molecule is CCC(C)[C@H](NC(=O)[C@H](CCCN=C(N)N)NC(=O)CNC(=O)[C@@H](NC(=O)[C@@H](NC(=O)[C@H](Cc1cnc[nH]1)NC(=O)[C@@H](Cc1ccccc1)NC(=O)[C@H](C)NC(=O)[C@@H](N)CCCN=C(N)N)[C@@H](C)O)[C@@H](C)O)C(=O)N(CC(=O)O)C(C)CC. The Kier molecular flexibility index (Phi) is 30.7. The standard InChI is InChI=1S/C52H86N18O13/c1-8-27(3)40(50(83)70(25-39(74)75)28(4)9-2)67-45(78)35(18-14-20-60-52(56)57)64-38(73)24-61-48(81)41(30(6)71)69-49(82)42(31(7)72)68-47(80)37(22-33-23-58-26-62-33)66-46(79)36(21-32-15-11-10-12-16-32)65-43(76)29(5)63-44(77)34(53)17-13-19-59-51(54)55/h10-12,15-16,23,26-31,34-37,40-42,71-72H,8-9,13-14,17-22,24-25,53H2,1-7H3,(H,58,62)(H,61,81)(H,63,77)(H,64,73)(H,65,76)(H,66,79)(H,67,78)(H,68,80)(H,69,82)(H,74,75)(H4,54,55,59)(H4,56,57,60)/t27?,28?,29-,30+,31+,34-,35-,36+,37-,40-,41-,42-/m0/s1. The quantitative estimate of drug-likeness (QED) is 0.0171. The van der Waals surface area contributed by atoms with E-state index in [-0.39, 0.29) is 57.1 Å². The highest BCUT2D eigenvalue weighted by Crippen LogP contribution is 2.16. The molecular formula is C52H86N18O13. The molecule has 1 aromatic heterocycles. The normalized spacial score (nSPS) is 15.3. The van der Waals surface area contributed by atoms with Crippen LogP contribution in [0.5, 0.6) is 0 Å². The number of aliphatic imine (C=N–C) groups is 2. The van der Waals surface area contributed by atoms with Crippen molar-refractivity contribution in [2.24, 2.45) is 44.6 Å². The molecule has 31 heteroatoms. The summed E-state index contributed by atoms with van der Waals surface area (Å²) < 4.78 is 0. The number of aliphatic hydroxyl groups is 2. The summed E-state index contributed by atoms with van der Waals surface area (Å²) >= 11 is 0. The van der Waals surface area contributed by atoms with Gasteiger partial charge in [-0.2, -0.15) is 0 Å². The summed E-state index contributed by atoms with van der Waals surface area (Å²) in [6.45, 7) is 9.37. The number of guanidine groups is 2. The zero-order chi connectivity index (χ0) is 62.5. The van der Waals surface area contributed by atoms with Gasteiger partial charge in [0.05, 0.1) is 31.1 Å². The lowest BCUT2D eigenvalue weighted by Gasteiger charge is -2.34. The Morgan fingerprint density at radius 3 is 1.70 bits per heavy atom. The van der Waals surface area contributed by atoms with Crippen molar-refractivity contribution < 1.29 is 63.3 Å². The van der Waals surface area contributed by atoms with Crippen LogP contribution in [0.1, 0.15) is 98.2 Å². The molecule has 0 bridgehead atoms. The number of aromatic nitrogens is 2. The van der Waals surface area contributed by atoms with Crippen molar-refractivity contribution in [3.8, 4) is 0 Å². The van der Waals surface area contributed by atoms with Crippen molar-refractivity contribution >= 4 is 71.1 Å². The molecule has 83 heavy (non-hydrogen) atoms. The number of aromatic amines is 1. The van der Waals surface area contributed by atoms with E-state index in [1.165, 1.54) is 19.4 Å². The minimum Gasteiger partial charge on any atom is -0.480 e. The number of nitrogens with zero attached hydrogens (tertiary/aromatic N) is 4. The lowest BCUT2D eigenvalue weighted by atomic mass is 9.96. The number of hydrogen-bond donors (Lipinski definition) is 17. The molecule has 0 radical (unpaired) electrons. The lowest BCUT2D eigenvalue weighted by molar-refractivity contribution is -0.148. The maximum atomic E-state index is 14.2. The average molecular weight is 1170 g/mol. The molecule has 0 aliphatic carbocycles. The van der Waals surface area contributed by atoms with Gasteiger partial charge in [-0.05, 0) is 71.3 Å². The van der Waals surface area contributed by atoms with Crippen LogP contribution < -0.4 is 71.2 Å². The second-order valence-electron chi connectivity index (χ2n) is 20.1. The van der Waals surface area contributed by atoms with E-state index < -0.39 is 145 Å². The van der Waals surface area contributed by atoms with Crippen molar-refractivity contribution in [1.29, 1.82) is 0 Å². The summed E-state index contributed by atoms with van der Waals surface area (Å²) in [5.41, 5.74) is 28.5. The fourth-order valence-electron chi connectivity index (χ4n) is 8.03. The monoisotopic (exact) mass is 1170 g/mol. The van der Waals surface area contributed by atoms with Crippen molar-refractivity contribution in [2.75, 3.05) is 26.2 Å². The van der Waals surface area contributed by atoms with Crippen molar-refractivity contribution in [2.45, 2.75) is 166 Å². The number of nitrogens with one attached hydrogen (secondary N) is 9. The Morgan fingerprint density at radius 2 is 1.16 bits per heavy atom. The molecule has 0 aliphatic heterocycles. The summed E-state index contributed by atoms with van der Waals surface area (Å²) in [5.74, 6) is -10.2. The largest absolute Gasteiger partial charge is 0.480 e. The summed E-state index contributed by atoms with van der Waals surface area (Å²) in [6, 6.07) is -3.33. The Hall–Kier alpha value is -8.45. The number of carbonyl (C=O) groups is 10. The fourth-order valence-corrected chi connectivity index (χ4v) is 8.03. The number of amides is 9. The van der Waals surface area contributed by atoms with Gasteiger partial charge in [0.1, 0.15) is 48.8 Å². The number of aliphatic hydroxyl groups excluding tert-OH is 2. The Morgan fingerprint density at radius 1 is 0.627 bits per heavy atom. The molecule has 0 spiro atoms. The van der Waals surface area contributed by atoms with Gasteiger partial charge in [0.2, 0.25) is 53.2 Å². The van der Waals surface area contributed by atoms with E-state index in [1.54, 1.807) is 58.0 Å². The van der Waals surface area contributed by atoms with E-state index in [2.05, 4.69) is 62.5 Å². The van der Waals surface area contributed by atoms with Gasteiger partial charge in [0.25, 0.3) is 0 Å². The first-order chi connectivity index (χ1) is 39.1. The molecular weight excluding hydrogens is 1080 g/mol. The Bertz CT molecular complexity index is 2510. The van der Waals surface area contributed by atoms with Gasteiger partial charge in [-0.15, -0.1) is 0 Å². The number of hydrogen-bond acceptors (Lipinski definition) is 16. The van der Waals surface area contributed by atoms with Crippen LogP contribution in [-0.2, 0) is 60.8 Å². The second-order valence-corrected chi connectivity index (χ2v) is 20.1. The van der Waals surface area contributed by atoms with E-state index in [0.29, 0.717) is 30.5 Å². The third-order valence-corrected chi connectivity index (χ3v) is 13.2. The van der Waals surface area contributed by atoms with Gasteiger partial charge < -0.3 is 96.4 Å². The fraction of sp³-hybridized carbons (Fsp3) is 0.596. The predicted octanol–water partition coefficient (Wildman–Crippen LogP) is -5.32. The van der Waals surface area contributed by atoms with Crippen LogP contribution in [0.25, 0.3) is 0 Å². The smallest absolute Gasteiger partial charge is 0.323 e. The van der Waals surface area contributed by atoms with Gasteiger partial charge in [0.15, 0.2) is 11.9 Å². The molecule has 1 heterocycles. The average Bonchev–Trinajstić information content (AvgIpc) is 3.98. The second kappa shape index (κ2) is 36.1. The number of carboxylic acid groups (broad SMARTS) is 1. The summed E-state index contributed by atoms with van der Waals surface area (Å²) in [5, 5.41) is 51.0. The molecule has 0 fully saturated rings. The molecule has 2 rings (SSSR count). The van der Waals surface area contributed by atoms with Gasteiger partial charge in [-0.3, -0.25) is 57.9 Å². The molecule has 2 aromatic rings. The highest BCUT2D eigenvalue weighted by Gasteiger charge is 2.37. The molecule has 9 amide bonds.